The van der Waals surface area contributed by atoms with E-state index in [0.29, 0.717) is 0 Å². The molecule has 1 saturated carbocycles. The highest BCUT2D eigenvalue weighted by atomic mass is 79.9. The van der Waals surface area contributed by atoms with E-state index < -0.39 is 0 Å². The van der Waals surface area contributed by atoms with E-state index >= 15 is 0 Å². The molecule has 2 rings (SSSR count). The largest absolute Gasteiger partial charge is 0.304 e. The molecule has 17 heavy (non-hydrogen) atoms. The lowest BCUT2D eigenvalue weighted by atomic mass is 9.69. The van der Waals surface area contributed by atoms with Gasteiger partial charge in [0.2, 0.25) is 0 Å². The minimum absolute atomic E-state index is 0.0369. The van der Waals surface area contributed by atoms with E-state index in [2.05, 4.69) is 45.4 Å². The van der Waals surface area contributed by atoms with Crippen molar-refractivity contribution in [1.82, 2.24) is 4.90 Å². The second kappa shape index (κ2) is 5.51. The van der Waals surface area contributed by atoms with Gasteiger partial charge in [-0.15, -0.1) is 11.3 Å². The molecule has 1 aliphatic carbocycles. The Bertz CT molecular complexity index is 417. The highest BCUT2D eigenvalue weighted by Crippen LogP contribution is 2.40. The van der Waals surface area contributed by atoms with E-state index in [4.69, 9.17) is 0 Å². The monoisotopic (exact) mass is 312 g/mol. The molecule has 0 bridgehead atoms. The molecule has 92 valence electrons. The van der Waals surface area contributed by atoms with Gasteiger partial charge in [-0.1, -0.05) is 6.42 Å². The number of hydrogen-bond acceptors (Lipinski definition) is 3. The van der Waals surface area contributed by atoms with Crippen LogP contribution in [0.25, 0.3) is 0 Å². The van der Waals surface area contributed by atoms with Gasteiger partial charge in [0.05, 0.1) is 11.5 Å². The quantitative estimate of drug-likeness (QED) is 0.829. The molecule has 4 heteroatoms. The second-order valence-electron chi connectivity index (χ2n) is 4.96. The van der Waals surface area contributed by atoms with Gasteiger partial charge in [0.15, 0.2) is 0 Å². The first-order chi connectivity index (χ1) is 8.13. The van der Waals surface area contributed by atoms with Crippen LogP contribution < -0.4 is 0 Å². The number of thiophene rings is 1. The van der Waals surface area contributed by atoms with Gasteiger partial charge < -0.3 is 4.90 Å². The smallest absolute Gasteiger partial charge is 0.0703 e. The van der Waals surface area contributed by atoms with Crippen molar-refractivity contribution in [2.24, 2.45) is 5.41 Å². The first kappa shape index (κ1) is 13.1. The van der Waals surface area contributed by atoms with Crippen molar-refractivity contribution < 1.29 is 0 Å². The summed E-state index contributed by atoms with van der Waals surface area (Å²) in [6, 6.07) is 4.68. The standard InChI is InChI=1S/C13H17BrN2S/c1-16(10-13(9-15)4-2-5-13)6-3-12-7-11(14)8-17-12/h7-8H,2-6,10H2,1H3. The van der Waals surface area contributed by atoms with Crippen molar-refractivity contribution in [3.8, 4) is 6.07 Å². The molecule has 1 fully saturated rings. The Labute approximate surface area is 115 Å². The average Bonchev–Trinajstić information content (AvgIpc) is 2.67. The summed E-state index contributed by atoms with van der Waals surface area (Å²) in [6.07, 6.45) is 4.46. The number of halogens is 1. The summed E-state index contributed by atoms with van der Waals surface area (Å²) in [5.74, 6) is 0. The van der Waals surface area contributed by atoms with Crippen LogP contribution in [0.5, 0.6) is 0 Å². The van der Waals surface area contributed by atoms with Crippen molar-refractivity contribution in [3.05, 3.63) is 20.8 Å². The van der Waals surface area contributed by atoms with Gasteiger partial charge in [-0.3, -0.25) is 0 Å². The van der Waals surface area contributed by atoms with Crippen molar-refractivity contribution in [3.63, 3.8) is 0 Å². The van der Waals surface area contributed by atoms with Gasteiger partial charge in [0.1, 0.15) is 0 Å². The molecule has 2 nitrogen and oxygen atoms in total. The molecule has 0 amide bonds. The Kier molecular flexibility index (Phi) is 4.24. The third-order valence-electron chi connectivity index (χ3n) is 3.48. The fourth-order valence-electron chi connectivity index (χ4n) is 2.29. The number of rotatable bonds is 5. The Morgan fingerprint density at radius 1 is 1.59 bits per heavy atom. The van der Waals surface area contributed by atoms with Crippen LogP contribution in [0.4, 0.5) is 0 Å². The van der Waals surface area contributed by atoms with Crippen molar-refractivity contribution in [2.75, 3.05) is 20.1 Å². The second-order valence-corrected chi connectivity index (χ2v) is 6.88. The first-order valence-electron chi connectivity index (χ1n) is 5.96. The Hall–Kier alpha value is -0.370. The molecule has 1 aromatic heterocycles. The lowest BCUT2D eigenvalue weighted by Gasteiger charge is -2.38. The molecule has 0 saturated heterocycles. The van der Waals surface area contributed by atoms with E-state index in [1.54, 1.807) is 11.3 Å². The maximum Gasteiger partial charge on any atom is 0.0703 e. The van der Waals surface area contributed by atoms with Crippen LogP contribution in [0.15, 0.2) is 15.9 Å². The maximum atomic E-state index is 9.19. The normalized spacial score (nSPS) is 17.8. The number of likely N-dealkylation sites (N-methyl/N-ethyl adjacent to an activating group) is 1. The van der Waals surface area contributed by atoms with Crippen LogP contribution in [-0.4, -0.2) is 25.0 Å². The Balaban J connectivity index is 1.78. The zero-order chi connectivity index (χ0) is 12.3. The molecule has 0 atom stereocenters. The predicted octanol–water partition coefficient (Wildman–Crippen LogP) is 3.68. The van der Waals surface area contributed by atoms with E-state index in [-0.39, 0.29) is 5.41 Å². The first-order valence-corrected chi connectivity index (χ1v) is 7.63. The Morgan fingerprint density at radius 3 is 2.82 bits per heavy atom. The summed E-state index contributed by atoms with van der Waals surface area (Å²) >= 11 is 5.27. The van der Waals surface area contributed by atoms with E-state index in [1.165, 1.54) is 15.8 Å². The lowest BCUT2D eigenvalue weighted by molar-refractivity contribution is 0.139. The van der Waals surface area contributed by atoms with Gasteiger partial charge in [-0.2, -0.15) is 5.26 Å². The summed E-state index contributed by atoms with van der Waals surface area (Å²) in [5, 5.41) is 11.3. The van der Waals surface area contributed by atoms with Crippen LogP contribution in [0.2, 0.25) is 0 Å². The Morgan fingerprint density at radius 2 is 2.35 bits per heavy atom. The fraction of sp³-hybridized carbons (Fsp3) is 0.615. The molecule has 0 unspecified atom stereocenters. The average molecular weight is 313 g/mol. The predicted molar refractivity (Wildman–Crippen MR) is 75.1 cm³/mol. The zero-order valence-corrected chi connectivity index (χ0v) is 12.5. The van der Waals surface area contributed by atoms with Crippen molar-refractivity contribution in [1.29, 1.82) is 5.26 Å². The summed E-state index contributed by atoms with van der Waals surface area (Å²) < 4.78 is 1.17. The van der Waals surface area contributed by atoms with E-state index in [1.807, 2.05) is 0 Å². The highest BCUT2D eigenvalue weighted by Gasteiger charge is 2.37. The van der Waals surface area contributed by atoms with Crippen molar-refractivity contribution in [2.45, 2.75) is 25.7 Å². The maximum absolute atomic E-state index is 9.19. The number of nitriles is 1. The van der Waals surface area contributed by atoms with Crippen LogP contribution >= 0.6 is 27.3 Å². The molecular weight excluding hydrogens is 296 g/mol. The molecular formula is C13H17BrN2S. The van der Waals surface area contributed by atoms with E-state index in [9.17, 15) is 5.26 Å². The molecule has 0 aromatic carbocycles. The topological polar surface area (TPSA) is 27.0 Å². The van der Waals surface area contributed by atoms with Gasteiger partial charge in [-0.25, -0.2) is 0 Å². The number of nitrogens with zero attached hydrogens (tertiary/aromatic N) is 2. The molecule has 0 spiro atoms. The van der Waals surface area contributed by atoms with Gasteiger partial charge in [0, 0.05) is 27.8 Å². The summed E-state index contributed by atoms with van der Waals surface area (Å²) in [4.78, 5) is 3.71. The highest BCUT2D eigenvalue weighted by molar-refractivity contribution is 9.10. The summed E-state index contributed by atoms with van der Waals surface area (Å²) in [5.41, 5.74) is -0.0369. The lowest BCUT2D eigenvalue weighted by Crippen LogP contribution is -2.40. The van der Waals surface area contributed by atoms with Crippen LogP contribution in [0.3, 0.4) is 0 Å². The number of hydrogen-bond donors (Lipinski definition) is 0. The molecule has 0 N–H and O–H groups in total. The third kappa shape index (κ3) is 3.31. The third-order valence-corrected chi connectivity index (χ3v) is 5.24. The zero-order valence-electron chi connectivity index (χ0n) is 10.1. The molecule has 1 aliphatic rings. The van der Waals surface area contributed by atoms with Gasteiger partial charge in [0.25, 0.3) is 0 Å². The van der Waals surface area contributed by atoms with E-state index in [0.717, 1.165) is 32.4 Å². The fourth-order valence-corrected chi connectivity index (χ4v) is 3.73. The minimum atomic E-state index is -0.0369. The SMILES string of the molecule is CN(CCc1cc(Br)cs1)CC1(C#N)CCC1. The van der Waals surface area contributed by atoms with Crippen molar-refractivity contribution >= 4 is 27.3 Å². The summed E-state index contributed by atoms with van der Waals surface area (Å²) in [6.45, 7) is 1.96. The van der Waals surface area contributed by atoms with Gasteiger partial charge >= 0.3 is 0 Å². The minimum Gasteiger partial charge on any atom is -0.304 e. The molecule has 1 aromatic rings. The van der Waals surface area contributed by atoms with Crippen LogP contribution in [-0.2, 0) is 6.42 Å². The molecule has 1 heterocycles. The van der Waals surface area contributed by atoms with Crippen LogP contribution in [0, 0.1) is 16.7 Å². The van der Waals surface area contributed by atoms with Gasteiger partial charge in [-0.05, 0) is 48.3 Å². The summed E-state index contributed by atoms with van der Waals surface area (Å²) in [7, 11) is 2.13. The van der Waals surface area contributed by atoms with Crippen LogP contribution in [0.1, 0.15) is 24.1 Å². The molecule has 0 radical (unpaired) electrons. The molecule has 0 aliphatic heterocycles.